The Hall–Kier alpha value is -3.66. The normalized spacial score (nSPS) is 10.9. The Balaban J connectivity index is 1.58. The standard InChI is InChI=1S/C23H23FN4O4S/c1-30-18-8-9-19(31-2)22-21(18)26-23(33-22)28(12-3-11-27-13-10-25-15-27)20(29)14-32-17-6-4-16(24)5-7-17/h4-10,13,15H,3,11-12,14H2,1-2H3. The summed E-state index contributed by atoms with van der Waals surface area (Å²) in [7, 11) is 3.16. The van der Waals surface area contributed by atoms with Crippen molar-refractivity contribution in [2.45, 2.75) is 13.0 Å². The molecule has 10 heteroatoms. The number of carbonyl (C=O) groups excluding carboxylic acids is 1. The monoisotopic (exact) mass is 470 g/mol. The zero-order chi connectivity index (χ0) is 23.2. The second-order valence-electron chi connectivity index (χ2n) is 7.09. The molecule has 0 N–H and O–H groups in total. The van der Waals surface area contributed by atoms with Crippen molar-refractivity contribution in [1.82, 2.24) is 14.5 Å². The Morgan fingerprint density at radius 3 is 2.58 bits per heavy atom. The van der Waals surface area contributed by atoms with Crippen molar-refractivity contribution in [1.29, 1.82) is 0 Å². The average Bonchev–Trinajstić information content (AvgIpc) is 3.51. The second-order valence-corrected chi connectivity index (χ2v) is 8.06. The maximum atomic E-state index is 13.2. The first-order valence-electron chi connectivity index (χ1n) is 10.2. The zero-order valence-corrected chi connectivity index (χ0v) is 19.0. The minimum atomic E-state index is -0.368. The van der Waals surface area contributed by atoms with E-state index in [9.17, 15) is 9.18 Å². The molecule has 8 nitrogen and oxygen atoms in total. The third kappa shape index (κ3) is 5.23. The van der Waals surface area contributed by atoms with E-state index in [0.717, 1.165) is 4.70 Å². The van der Waals surface area contributed by atoms with Crippen LogP contribution in [0.5, 0.6) is 17.2 Å². The molecular formula is C23H23FN4O4S. The van der Waals surface area contributed by atoms with E-state index in [-0.39, 0.29) is 18.3 Å². The van der Waals surface area contributed by atoms with Gasteiger partial charge in [0.25, 0.3) is 5.91 Å². The highest BCUT2D eigenvalue weighted by Gasteiger charge is 2.23. The average molecular weight is 471 g/mol. The van der Waals surface area contributed by atoms with Gasteiger partial charge in [0.15, 0.2) is 11.7 Å². The molecule has 0 atom stereocenters. The van der Waals surface area contributed by atoms with Crippen LogP contribution in [0.4, 0.5) is 9.52 Å². The van der Waals surface area contributed by atoms with Crippen molar-refractivity contribution in [3.63, 3.8) is 0 Å². The van der Waals surface area contributed by atoms with Gasteiger partial charge in [0.1, 0.15) is 33.3 Å². The molecule has 2 aromatic heterocycles. The van der Waals surface area contributed by atoms with Gasteiger partial charge in [-0.3, -0.25) is 9.69 Å². The fourth-order valence-corrected chi connectivity index (χ4v) is 4.42. The quantitative estimate of drug-likeness (QED) is 0.347. The fourth-order valence-electron chi connectivity index (χ4n) is 3.30. The first-order valence-corrected chi connectivity index (χ1v) is 11.1. The van der Waals surface area contributed by atoms with Crippen LogP contribution >= 0.6 is 11.3 Å². The summed E-state index contributed by atoms with van der Waals surface area (Å²) >= 11 is 1.35. The number of ether oxygens (including phenoxy) is 3. The van der Waals surface area contributed by atoms with Crippen LogP contribution in [0.15, 0.2) is 55.1 Å². The first kappa shape index (κ1) is 22.5. The number of nitrogens with zero attached hydrogens (tertiary/aromatic N) is 4. The van der Waals surface area contributed by atoms with Crippen LogP contribution in [-0.2, 0) is 11.3 Å². The number of halogens is 1. The number of aryl methyl sites for hydroxylation is 1. The maximum Gasteiger partial charge on any atom is 0.266 e. The van der Waals surface area contributed by atoms with Crippen LogP contribution in [-0.4, -0.2) is 47.8 Å². The van der Waals surface area contributed by atoms with Crippen molar-refractivity contribution >= 4 is 32.6 Å². The van der Waals surface area contributed by atoms with Gasteiger partial charge in [0.05, 0.1) is 20.5 Å². The van der Waals surface area contributed by atoms with Crippen molar-refractivity contribution in [3.8, 4) is 17.2 Å². The number of benzene rings is 2. The van der Waals surface area contributed by atoms with Gasteiger partial charge >= 0.3 is 0 Å². The SMILES string of the molecule is COc1ccc(OC)c2sc(N(CCCn3ccnc3)C(=O)COc3ccc(F)cc3)nc12. The number of amides is 1. The highest BCUT2D eigenvalue weighted by atomic mass is 32.1. The summed E-state index contributed by atoms with van der Waals surface area (Å²) < 4.78 is 32.4. The number of rotatable bonds is 10. The Morgan fingerprint density at radius 2 is 1.88 bits per heavy atom. The predicted octanol–water partition coefficient (Wildman–Crippen LogP) is 4.15. The van der Waals surface area contributed by atoms with Crippen molar-refractivity contribution in [2.24, 2.45) is 0 Å². The Bertz CT molecular complexity index is 1170. The number of methoxy groups -OCH3 is 2. The summed E-state index contributed by atoms with van der Waals surface area (Å²) in [6, 6.07) is 9.14. The lowest BCUT2D eigenvalue weighted by Gasteiger charge is -2.20. The molecule has 0 saturated carbocycles. The van der Waals surface area contributed by atoms with Gasteiger partial charge in [-0.05, 0) is 42.8 Å². The molecule has 0 bridgehead atoms. The third-order valence-electron chi connectivity index (χ3n) is 4.96. The van der Waals surface area contributed by atoms with Crippen molar-refractivity contribution in [2.75, 3.05) is 32.3 Å². The van der Waals surface area contributed by atoms with Crippen molar-refractivity contribution < 1.29 is 23.4 Å². The summed E-state index contributed by atoms with van der Waals surface area (Å²) in [4.78, 5) is 23.5. The Labute approximate surface area is 194 Å². The number of fused-ring (bicyclic) bond motifs is 1. The number of hydrogen-bond acceptors (Lipinski definition) is 7. The van der Waals surface area contributed by atoms with Gasteiger partial charge in [-0.1, -0.05) is 11.3 Å². The molecule has 0 aliphatic rings. The molecule has 4 aromatic rings. The summed E-state index contributed by atoms with van der Waals surface area (Å²) in [5.74, 6) is 1.04. The molecule has 0 unspecified atom stereocenters. The predicted molar refractivity (Wildman–Crippen MR) is 124 cm³/mol. The molecule has 0 aliphatic heterocycles. The first-order chi connectivity index (χ1) is 16.1. The van der Waals surface area contributed by atoms with Gasteiger partial charge < -0.3 is 18.8 Å². The number of hydrogen-bond donors (Lipinski definition) is 0. The molecule has 2 heterocycles. The van der Waals surface area contributed by atoms with Crippen LogP contribution in [0, 0.1) is 5.82 Å². The van der Waals surface area contributed by atoms with E-state index >= 15 is 0 Å². The number of anilines is 1. The van der Waals surface area contributed by atoms with E-state index in [1.54, 1.807) is 37.7 Å². The lowest BCUT2D eigenvalue weighted by Crippen LogP contribution is -2.36. The van der Waals surface area contributed by atoms with Crippen LogP contribution in [0.3, 0.4) is 0 Å². The van der Waals surface area contributed by atoms with E-state index < -0.39 is 0 Å². The van der Waals surface area contributed by atoms with Gasteiger partial charge in [0, 0.05) is 25.5 Å². The number of aromatic nitrogens is 3. The van der Waals surface area contributed by atoms with E-state index in [1.807, 2.05) is 16.8 Å². The molecular weight excluding hydrogens is 447 g/mol. The highest BCUT2D eigenvalue weighted by Crippen LogP contribution is 2.40. The largest absolute Gasteiger partial charge is 0.495 e. The second kappa shape index (κ2) is 10.3. The highest BCUT2D eigenvalue weighted by molar-refractivity contribution is 7.22. The smallest absolute Gasteiger partial charge is 0.266 e. The minimum Gasteiger partial charge on any atom is -0.495 e. The molecule has 0 aliphatic carbocycles. The Morgan fingerprint density at radius 1 is 1.12 bits per heavy atom. The molecule has 1 amide bonds. The summed E-state index contributed by atoms with van der Waals surface area (Å²) in [5.41, 5.74) is 0.628. The topological polar surface area (TPSA) is 78.7 Å². The van der Waals surface area contributed by atoms with Crippen LogP contribution in [0.1, 0.15) is 6.42 Å². The molecule has 2 aromatic carbocycles. The van der Waals surface area contributed by atoms with E-state index in [2.05, 4.69) is 4.98 Å². The van der Waals surface area contributed by atoms with Crippen LogP contribution in [0.2, 0.25) is 0 Å². The van der Waals surface area contributed by atoms with Crippen molar-refractivity contribution in [3.05, 3.63) is 60.9 Å². The van der Waals surface area contributed by atoms with Crippen LogP contribution in [0.25, 0.3) is 10.2 Å². The van der Waals surface area contributed by atoms with Gasteiger partial charge in [0.2, 0.25) is 0 Å². The molecule has 0 radical (unpaired) electrons. The lowest BCUT2D eigenvalue weighted by molar-refractivity contribution is -0.120. The van der Waals surface area contributed by atoms with E-state index in [1.165, 1.54) is 35.6 Å². The molecule has 172 valence electrons. The minimum absolute atomic E-state index is 0.207. The molecule has 4 rings (SSSR count). The lowest BCUT2D eigenvalue weighted by atomic mass is 10.3. The van der Waals surface area contributed by atoms with Gasteiger partial charge in [-0.25, -0.2) is 14.4 Å². The maximum absolute atomic E-state index is 13.2. The van der Waals surface area contributed by atoms with Gasteiger partial charge in [-0.2, -0.15) is 0 Å². The molecule has 0 saturated heterocycles. The zero-order valence-electron chi connectivity index (χ0n) is 18.2. The van der Waals surface area contributed by atoms with E-state index in [4.69, 9.17) is 19.2 Å². The molecule has 0 fully saturated rings. The fraction of sp³-hybridized carbons (Fsp3) is 0.261. The third-order valence-corrected chi connectivity index (χ3v) is 6.06. The number of imidazole rings is 1. The Kier molecular flexibility index (Phi) is 7.04. The van der Waals surface area contributed by atoms with Crippen LogP contribution < -0.4 is 19.1 Å². The summed E-state index contributed by atoms with van der Waals surface area (Å²) in [6.45, 7) is 0.912. The molecule has 0 spiro atoms. The van der Waals surface area contributed by atoms with E-state index in [0.29, 0.717) is 47.4 Å². The summed E-state index contributed by atoms with van der Waals surface area (Å²) in [6.07, 6.45) is 6.00. The number of thiazole rings is 1. The van der Waals surface area contributed by atoms with Gasteiger partial charge in [-0.15, -0.1) is 0 Å². The number of carbonyl (C=O) groups is 1. The molecule has 33 heavy (non-hydrogen) atoms. The summed E-state index contributed by atoms with van der Waals surface area (Å²) in [5, 5.41) is 0.520.